The number of nitrogens with zero attached hydrogens (tertiary/aromatic N) is 2. The first-order chi connectivity index (χ1) is 12.6. The second kappa shape index (κ2) is 6.40. The molecule has 2 aromatic carbocycles. The highest BCUT2D eigenvalue weighted by molar-refractivity contribution is 6.11. The lowest BCUT2D eigenvalue weighted by atomic mass is 10.1. The molecule has 1 amide bonds. The van der Waals surface area contributed by atoms with Crippen LogP contribution in [0.2, 0.25) is 0 Å². The van der Waals surface area contributed by atoms with Gasteiger partial charge in [-0.3, -0.25) is 4.79 Å². The third kappa shape index (κ3) is 2.93. The van der Waals surface area contributed by atoms with Crippen molar-refractivity contribution in [1.29, 1.82) is 0 Å². The van der Waals surface area contributed by atoms with Crippen LogP contribution in [-0.2, 0) is 0 Å². The highest BCUT2D eigenvalue weighted by atomic mass is 19.1. The van der Waals surface area contributed by atoms with Crippen LogP contribution < -0.4 is 5.32 Å². The van der Waals surface area contributed by atoms with Crippen LogP contribution in [0.1, 0.15) is 15.9 Å². The Morgan fingerprint density at radius 2 is 1.85 bits per heavy atom. The lowest BCUT2D eigenvalue weighted by Crippen LogP contribution is -2.13. The van der Waals surface area contributed by atoms with Crippen molar-refractivity contribution in [3.05, 3.63) is 77.7 Å². The van der Waals surface area contributed by atoms with Crippen LogP contribution in [0.15, 0.2) is 60.8 Å². The number of aromatic nitrogens is 3. The van der Waals surface area contributed by atoms with Crippen molar-refractivity contribution in [3.63, 3.8) is 0 Å². The molecule has 0 bridgehead atoms. The quantitative estimate of drug-likeness (QED) is 0.580. The molecule has 0 saturated heterocycles. The number of benzene rings is 2. The maximum Gasteiger partial charge on any atom is 0.258 e. The molecule has 0 atom stereocenters. The second-order valence-corrected chi connectivity index (χ2v) is 5.92. The number of pyridine rings is 1. The zero-order valence-corrected chi connectivity index (χ0v) is 14.0. The number of carbonyl (C=O) groups excluding carboxylic acids is 1. The van der Waals surface area contributed by atoms with E-state index in [4.69, 9.17) is 0 Å². The van der Waals surface area contributed by atoms with E-state index in [2.05, 4.69) is 20.3 Å². The Kier molecular flexibility index (Phi) is 3.93. The van der Waals surface area contributed by atoms with Crippen LogP contribution >= 0.6 is 0 Å². The van der Waals surface area contributed by atoms with Gasteiger partial charge in [0.2, 0.25) is 0 Å². The monoisotopic (exact) mass is 346 g/mol. The lowest BCUT2D eigenvalue weighted by molar-refractivity contribution is 0.102. The summed E-state index contributed by atoms with van der Waals surface area (Å²) in [7, 11) is 0. The molecular weight excluding hydrogens is 331 g/mol. The Hall–Kier alpha value is -3.54. The molecule has 4 aromatic rings. The van der Waals surface area contributed by atoms with Crippen LogP contribution in [0.25, 0.3) is 22.6 Å². The van der Waals surface area contributed by atoms with Crippen LogP contribution in [0, 0.1) is 12.7 Å². The second-order valence-electron chi connectivity index (χ2n) is 5.92. The number of fused-ring (bicyclic) bond motifs is 1. The molecule has 6 heteroatoms. The highest BCUT2D eigenvalue weighted by Crippen LogP contribution is 2.23. The van der Waals surface area contributed by atoms with Crippen LogP contribution in [-0.4, -0.2) is 20.9 Å². The van der Waals surface area contributed by atoms with E-state index in [9.17, 15) is 9.18 Å². The number of hydrogen-bond donors (Lipinski definition) is 2. The van der Waals surface area contributed by atoms with Crippen molar-refractivity contribution in [3.8, 4) is 11.4 Å². The number of anilines is 1. The van der Waals surface area contributed by atoms with Crippen LogP contribution in [0.5, 0.6) is 0 Å². The fourth-order valence-corrected chi connectivity index (χ4v) is 2.74. The van der Waals surface area contributed by atoms with E-state index in [-0.39, 0.29) is 11.7 Å². The predicted molar refractivity (Wildman–Crippen MR) is 98.4 cm³/mol. The molecule has 4 rings (SSSR count). The van der Waals surface area contributed by atoms with Gasteiger partial charge in [-0.05, 0) is 48.9 Å². The highest BCUT2D eigenvalue weighted by Gasteiger charge is 2.16. The largest absolute Gasteiger partial charge is 0.323 e. The zero-order chi connectivity index (χ0) is 18.1. The van der Waals surface area contributed by atoms with E-state index < -0.39 is 0 Å². The van der Waals surface area contributed by atoms with Crippen molar-refractivity contribution in [2.75, 3.05) is 5.32 Å². The fraction of sp³-hybridized carbons (Fsp3) is 0.0500. The molecule has 2 N–H and O–H groups in total. The van der Waals surface area contributed by atoms with Crippen LogP contribution in [0.3, 0.4) is 0 Å². The van der Waals surface area contributed by atoms with E-state index >= 15 is 0 Å². The molecular formula is C20H15FN4O. The molecule has 0 fully saturated rings. The van der Waals surface area contributed by atoms with Gasteiger partial charge < -0.3 is 10.3 Å². The number of nitrogens with one attached hydrogen (secondary N) is 2. The van der Waals surface area contributed by atoms with Gasteiger partial charge in [0.1, 0.15) is 17.2 Å². The average Bonchev–Trinajstić information content (AvgIpc) is 3.08. The molecule has 0 aliphatic heterocycles. The standard InChI is InChI=1S/C20H15FN4O/c1-12-4-2-3-5-16(12)23-20(26)15-10-11-22-19-17(15)24-18(25-19)13-6-8-14(21)9-7-13/h2-11H,1H3,(H,23,26)(H,22,24,25). The number of amides is 1. The number of hydrogen-bond acceptors (Lipinski definition) is 3. The minimum absolute atomic E-state index is 0.260. The molecule has 0 aliphatic carbocycles. The summed E-state index contributed by atoms with van der Waals surface area (Å²) in [5.74, 6) is -0.0474. The normalized spacial score (nSPS) is 10.8. The molecule has 5 nitrogen and oxygen atoms in total. The number of halogens is 1. The number of imidazole rings is 1. The summed E-state index contributed by atoms with van der Waals surface area (Å²) in [6.45, 7) is 1.93. The van der Waals surface area contributed by atoms with Gasteiger partial charge in [-0.2, -0.15) is 0 Å². The molecule has 0 spiro atoms. The van der Waals surface area contributed by atoms with Gasteiger partial charge in [-0.1, -0.05) is 18.2 Å². The summed E-state index contributed by atoms with van der Waals surface area (Å²) < 4.78 is 13.1. The fourth-order valence-electron chi connectivity index (χ4n) is 2.74. The van der Waals surface area contributed by atoms with E-state index in [0.29, 0.717) is 22.6 Å². The van der Waals surface area contributed by atoms with E-state index in [1.165, 1.54) is 12.1 Å². The number of H-pyrrole nitrogens is 1. The number of aryl methyl sites for hydroxylation is 1. The van der Waals surface area contributed by atoms with Crippen molar-refractivity contribution >= 4 is 22.8 Å². The summed E-state index contributed by atoms with van der Waals surface area (Å²) in [5, 5.41) is 2.90. The van der Waals surface area contributed by atoms with Crippen molar-refractivity contribution in [2.24, 2.45) is 0 Å². The SMILES string of the molecule is Cc1ccccc1NC(=O)c1ccnc2[nH]c(-c3ccc(F)cc3)nc12. The van der Waals surface area contributed by atoms with Gasteiger partial charge >= 0.3 is 0 Å². The molecule has 0 aliphatic rings. The molecule has 2 heterocycles. The van der Waals surface area contributed by atoms with Crippen molar-refractivity contribution in [1.82, 2.24) is 15.0 Å². The Morgan fingerprint density at radius 1 is 1.08 bits per heavy atom. The number of rotatable bonds is 3. The van der Waals surface area contributed by atoms with E-state index in [0.717, 1.165) is 16.8 Å². The number of para-hydroxylation sites is 1. The lowest BCUT2D eigenvalue weighted by Gasteiger charge is -2.08. The summed E-state index contributed by atoms with van der Waals surface area (Å²) in [6.07, 6.45) is 1.56. The predicted octanol–water partition coefficient (Wildman–Crippen LogP) is 4.32. The van der Waals surface area contributed by atoms with Crippen molar-refractivity contribution < 1.29 is 9.18 Å². The first-order valence-corrected chi connectivity index (χ1v) is 8.09. The van der Waals surface area contributed by atoms with Crippen molar-refractivity contribution in [2.45, 2.75) is 6.92 Å². The Balaban J connectivity index is 1.72. The molecule has 26 heavy (non-hydrogen) atoms. The van der Waals surface area contributed by atoms with Crippen LogP contribution in [0.4, 0.5) is 10.1 Å². The third-order valence-corrected chi connectivity index (χ3v) is 4.14. The average molecular weight is 346 g/mol. The summed E-state index contributed by atoms with van der Waals surface area (Å²) >= 11 is 0. The maximum atomic E-state index is 13.1. The molecule has 0 saturated carbocycles. The van der Waals surface area contributed by atoms with Gasteiger partial charge in [-0.15, -0.1) is 0 Å². The Morgan fingerprint density at radius 3 is 2.62 bits per heavy atom. The summed E-state index contributed by atoms with van der Waals surface area (Å²) in [4.78, 5) is 24.5. The van der Waals surface area contributed by atoms with Gasteiger partial charge in [0.05, 0.1) is 5.56 Å². The Bertz CT molecular complexity index is 1100. The maximum absolute atomic E-state index is 13.1. The van der Waals surface area contributed by atoms with Gasteiger partial charge in [0, 0.05) is 17.4 Å². The first-order valence-electron chi connectivity index (χ1n) is 8.09. The topological polar surface area (TPSA) is 70.7 Å². The number of aromatic amines is 1. The minimum Gasteiger partial charge on any atom is -0.323 e. The van der Waals surface area contributed by atoms with E-state index in [1.807, 2.05) is 31.2 Å². The van der Waals surface area contributed by atoms with Gasteiger partial charge in [0.25, 0.3) is 5.91 Å². The summed E-state index contributed by atoms with van der Waals surface area (Å²) in [6, 6.07) is 15.2. The summed E-state index contributed by atoms with van der Waals surface area (Å²) in [5.41, 5.74) is 3.83. The minimum atomic E-state index is -0.318. The molecule has 0 radical (unpaired) electrons. The molecule has 128 valence electrons. The number of carbonyl (C=O) groups is 1. The van der Waals surface area contributed by atoms with Gasteiger partial charge in [-0.25, -0.2) is 14.4 Å². The molecule has 0 unspecified atom stereocenters. The Labute approximate surface area is 148 Å². The van der Waals surface area contributed by atoms with E-state index in [1.54, 1.807) is 24.4 Å². The zero-order valence-electron chi connectivity index (χ0n) is 14.0. The molecule has 2 aromatic heterocycles. The van der Waals surface area contributed by atoms with Gasteiger partial charge in [0.15, 0.2) is 5.65 Å². The smallest absolute Gasteiger partial charge is 0.258 e. The first kappa shape index (κ1) is 16.0. The third-order valence-electron chi connectivity index (χ3n) is 4.14.